The van der Waals surface area contributed by atoms with Gasteiger partial charge in [-0.3, -0.25) is 0 Å². The Hall–Kier alpha value is -2.63. The summed E-state index contributed by atoms with van der Waals surface area (Å²) in [4.78, 5) is 11.7. The third-order valence-electron chi connectivity index (χ3n) is 2.63. The number of rotatable bonds is 5. The fraction of sp³-hybridized carbons (Fsp3) is 0.133. The zero-order valence-electron chi connectivity index (χ0n) is 11.0. The SMILES string of the molecule is Nc1cc(F)ccc1C(=O)OCCOc1ccc(F)cc1. The molecule has 0 aliphatic heterocycles. The van der Waals surface area contributed by atoms with Gasteiger partial charge in [-0.15, -0.1) is 0 Å². The maximum absolute atomic E-state index is 12.9. The summed E-state index contributed by atoms with van der Waals surface area (Å²) in [5.41, 5.74) is 5.63. The summed E-state index contributed by atoms with van der Waals surface area (Å²) in [5.74, 6) is -1.08. The first kappa shape index (κ1) is 14.8. The maximum Gasteiger partial charge on any atom is 0.340 e. The van der Waals surface area contributed by atoms with E-state index >= 15 is 0 Å². The number of benzene rings is 2. The van der Waals surface area contributed by atoms with E-state index in [2.05, 4.69) is 0 Å². The molecule has 6 heteroatoms. The number of carbonyl (C=O) groups excluding carboxylic acids is 1. The molecule has 0 radical (unpaired) electrons. The fourth-order valence-corrected chi connectivity index (χ4v) is 1.62. The summed E-state index contributed by atoms with van der Waals surface area (Å²) in [7, 11) is 0. The summed E-state index contributed by atoms with van der Waals surface area (Å²) in [6.07, 6.45) is 0. The van der Waals surface area contributed by atoms with Gasteiger partial charge in [0.1, 0.15) is 30.6 Å². The Labute approximate surface area is 120 Å². The second-order valence-electron chi connectivity index (χ2n) is 4.17. The van der Waals surface area contributed by atoms with Crippen LogP contribution in [0.15, 0.2) is 42.5 Å². The van der Waals surface area contributed by atoms with Crippen molar-refractivity contribution in [3.8, 4) is 5.75 Å². The quantitative estimate of drug-likeness (QED) is 0.523. The maximum atomic E-state index is 12.9. The molecule has 0 heterocycles. The molecule has 0 saturated carbocycles. The van der Waals surface area contributed by atoms with Crippen molar-refractivity contribution < 1.29 is 23.0 Å². The summed E-state index contributed by atoms with van der Waals surface area (Å²) < 4.78 is 35.7. The first-order chi connectivity index (χ1) is 10.1. The predicted molar refractivity (Wildman–Crippen MR) is 73.0 cm³/mol. The highest BCUT2D eigenvalue weighted by Crippen LogP contribution is 2.15. The summed E-state index contributed by atoms with van der Waals surface area (Å²) in [6, 6.07) is 8.90. The molecule has 2 aromatic rings. The van der Waals surface area contributed by atoms with Crippen LogP contribution >= 0.6 is 0 Å². The molecule has 4 nitrogen and oxygen atoms in total. The minimum absolute atomic E-state index is 0.00692. The fourth-order valence-electron chi connectivity index (χ4n) is 1.62. The van der Waals surface area contributed by atoms with Crippen LogP contribution in [-0.2, 0) is 4.74 Å². The Kier molecular flexibility index (Phi) is 4.71. The van der Waals surface area contributed by atoms with E-state index in [0.29, 0.717) is 5.75 Å². The van der Waals surface area contributed by atoms with Crippen molar-refractivity contribution in [3.05, 3.63) is 59.7 Å². The molecule has 0 saturated heterocycles. The lowest BCUT2D eigenvalue weighted by Gasteiger charge is -2.08. The zero-order valence-corrected chi connectivity index (χ0v) is 11.0. The summed E-state index contributed by atoms with van der Waals surface area (Å²) in [5, 5.41) is 0. The number of nitrogens with two attached hydrogens (primary N) is 1. The average molecular weight is 293 g/mol. The van der Waals surface area contributed by atoms with Gasteiger partial charge in [-0.05, 0) is 42.5 Å². The number of anilines is 1. The van der Waals surface area contributed by atoms with E-state index in [0.717, 1.165) is 12.1 Å². The highest BCUT2D eigenvalue weighted by atomic mass is 19.1. The molecule has 0 unspecified atom stereocenters. The monoisotopic (exact) mass is 293 g/mol. The smallest absolute Gasteiger partial charge is 0.340 e. The number of nitrogen functional groups attached to an aromatic ring is 1. The van der Waals surface area contributed by atoms with Crippen LogP contribution in [-0.4, -0.2) is 19.2 Å². The number of hydrogen-bond donors (Lipinski definition) is 1. The molecule has 2 rings (SSSR count). The lowest BCUT2D eigenvalue weighted by atomic mass is 10.2. The van der Waals surface area contributed by atoms with Crippen LogP contribution in [0.2, 0.25) is 0 Å². The van der Waals surface area contributed by atoms with Crippen LogP contribution in [0.5, 0.6) is 5.75 Å². The number of carbonyl (C=O) groups is 1. The van der Waals surface area contributed by atoms with Gasteiger partial charge in [-0.25, -0.2) is 13.6 Å². The second kappa shape index (κ2) is 6.69. The van der Waals surface area contributed by atoms with E-state index in [1.807, 2.05) is 0 Å². The van der Waals surface area contributed by atoms with Crippen LogP contribution in [0, 0.1) is 11.6 Å². The molecule has 0 aromatic heterocycles. The van der Waals surface area contributed by atoms with Crippen LogP contribution < -0.4 is 10.5 Å². The lowest BCUT2D eigenvalue weighted by Crippen LogP contribution is -2.13. The third kappa shape index (κ3) is 4.17. The first-order valence-corrected chi connectivity index (χ1v) is 6.17. The molecule has 110 valence electrons. The Balaban J connectivity index is 1.80. The van der Waals surface area contributed by atoms with Crippen LogP contribution in [0.4, 0.5) is 14.5 Å². The van der Waals surface area contributed by atoms with Crippen LogP contribution in [0.1, 0.15) is 10.4 Å². The molecular formula is C15H13F2NO3. The highest BCUT2D eigenvalue weighted by Gasteiger charge is 2.11. The van der Waals surface area contributed by atoms with Crippen molar-refractivity contribution in [2.75, 3.05) is 18.9 Å². The average Bonchev–Trinajstić information content (AvgIpc) is 2.45. The molecule has 0 amide bonds. The number of ether oxygens (including phenoxy) is 2. The predicted octanol–water partition coefficient (Wildman–Crippen LogP) is 2.78. The zero-order chi connectivity index (χ0) is 15.2. The van der Waals surface area contributed by atoms with Crippen molar-refractivity contribution in [2.24, 2.45) is 0 Å². The van der Waals surface area contributed by atoms with Gasteiger partial charge in [-0.2, -0.15) is 0 Å². The molecule has 0 fully saturated rings. The van der Waals surface area contributed by atoms with Crippen molar-refractivity contribution in [2.45, 2.75) is 0 Å². The third-order valence-corrected chi connectivity index (χ3v) is 2.63. The normalized spacial score (nSPS) is 10.2. The van der Waals surface area contributed by atoms with Crippen molar-refractivity contribution in [1.82, 2.24) is 0 Å². The van der Waals surface area contributed by atoms with Gasteiger partial charge in [0.15, 0.2) is 0 Å². The molecule has 21 heavy (non-hydrogen) atoms. The van der Waals surface area contributed by atoms with Gasteiger partial charge in [0.2, 0.25) is 0 Å². The molecule has 0 bridgehead atoms. The van der Waals surface area contributed by atoms with Crippen molar-refractivity contribution in [3.63, 3.8) is 0 Å². The standard InChI is InChI=1S/C15H13F2NO3/c16-10-1-4-12(5-2-10)20-7-8-21-15(19)13-6-3-11(17)9-14(13)18/h1-6,9H,7-8,18H2. The topological polar surface area (TPSA) is 61.6 Å². The van der Waals surface area contributed by atoms with Crippen molar-refractivity contribution >= 4 is 11.7 Å². The Morgan fingerprint density at radius 1 is 1.00 bits per heavy atom. The number of esters is 1. The van der Waals surface area contributed by atoms with E-state index in [9.17, 15) is 13.6 Å². The van der Waals surface area contributed by atoms with E-state index in [-0.39, 0.29) is 30.3 Å². The van der Waals surface area contributed by atoms with E-state index in [1.54, 1.807) is 0 Å². The molecule has 2 N–H and O–H groups in total. The van der Waals surface area contributed by atoms with Crippen LogP contribution in [0.3, 0.4) is 0 Å². The summed E-state index contributed by atoms with van der Waals surface area (Å²) >= 11 is 0. The molecule has 0 spiro atoms. The van der Waals surface area contributed by atoms with Crippen molar-refractivity contribution in [1.29, 1.82) is 0 Å². The number of hydrogen-bond acceptors (Lipinski definition) is 4. The molecule has 0 atom stereocenters. The largest absolute Gasteiger partial charge is 0.490 e. The van der Waals surface area contributed by atoms with E-state index in [1.165, 1.54) is 30.3 Å². The van der Waals surface area contributed by atoms with E-state index < -0.39 is 11.8 Å². The minimum Gasteiger partial charge on any atom is -0.490 e. The van der Waals surface area contributed by atoms with Gasteiger partial charge in [0.05, 0.1) is 5.56 Å². The molecular weight excluding hydrogens is 280 g/mol. The van der Waals surface area contributed by atoms with Gasteiger partial charge in [0, 0.05) is 5.69 Å². The van der Waals surface area contributed by atoms with Crippen LogP contribution in [0.25, 0.3) is 0 Å². The summed E-state index contributed by atoms with van der Waals surface area (Å²) in [6.45, 7) is 0.103. The molecule has 0 aliphatic rings. The van der Waals surface area contributed by atoms with Gasteiger partial charge >= 0.3 is 5.97 Å². The molecule has 2 aromatic carbocycles. The second-order valence-corrected chi connectivity index (χ2v) is 4.17. The van der Waals surface area contributed by atoms with Gasteiger partial charge in [0.25, 0.3) is 0 Å². The highest BCUT2D eigenvalue weighted by molar-refractivity contribution is 5.94. The number of halogens is 2. The van der Waals surface area contributed by atoms with E-state index in [4.69, 9.17) is 15.2 Å². The minimum atomic E-state index is -0.657. The first-order valence-electron chi connectivity index (χ1n) is 6.17. The molecule has 0 aliphatic carbocycles. The Morgan fingerprint density at radius 3 is 2.33 bits per heavy atom. The Bertz CT molecular complexity index is 629. The van der Waals surface area contributed by atoms with Gasteiger partial charge in [-0.1, -0.05) is 0 Å². The van der Waals surface area contributed by atoms with Gasteiger partial charge < -0.3 is 15.2 Å². The Morgan fingerprint density at radius 2 is 1.67 bits per heavy atom. The lowest BCUT2D eigenvalue weighted by molar-refractivity contribution is 0.0451.